The van der Waals surface area contributed by atoms with E-state index < -0.39 is 0 Å². The Hall–Kier alpha value is -2.86. The molecule has 6 heteroatoms. The molecule has 1 aliphatic rings. The van der Waals surface area contributed by atoms with E-state index in [0.717, 1.165) is 25.4 Å². The first-order valence-electron chi connectivity index (χ1n) is 9.07. The molecule has 0 aliphatic carbocycles. The summed E-state index contributed by atoms with van der Waals surface area (Å²) >= 11 is 0. The second kappa shape index (κ2) is 8.68. The monoisotopic (exact) mass is 367 g/mol. The summed E-state index contributed by atoms with van der Waals surface area (Å²) in [5.41, 5.74) is 2.58. The van der Waals surface area contributed by atoms with Crippen molar-refractivity contribution < 1.29 is 14.3 Å². The van der Waals surface area contributed by atoms with Crippen molar-refractivity contribution in [2.45, 2.75) is 13.5 Å². The van der Waals surface area contributed by atoms with E-state index in [-0.39, 0.29) is 11.8 Å². The first-order valence-corrected chi connectivity index (χ1v) is 9.07. The van der Waals surface area contributed by atoms with E-state index in [0.29, 0.717) is 24.3 Å². The average Bonchev–Trinajstić information content (AvgIpc) is 2.69. The molecule has 0 bridgehead atoms. The SMILES string of the molecule is COc1ccc(CN2CCN(C(=O)c3ccc(NC(C)=O)cc3)CC2)cc1. The zero-order valence-electron chi connectivity index (χ0n) is 15.8. The molecular weight excluding hydrogens is 342 g/mol. The zero-order chi connectivity index (χ0) is 19.2. The number of hydrogen-bond acceptors (Lipinski definition) is 4. The number of piperazine rings is 1. The average molecular weight is 367 g/mol. The molecule has 2 aromatic carbocycles. The van der Waals surface area contributed by atoms with Gasteiger partial charge in [-0.05, 0) is 42.0 Å². The number of nitrogens with one attached hydrogen (secondary N) is 1. The van der Waals surface area contributed by atoms with Gasteiger partial charge in [-0.25, -0.2) is 0 Å². The van der Waals surface area contributed by atoms with Gasteiger partial charge >= 0.3 is 0 Å². The van der Waals surface area contributed by atoms with Gasteiger partial charge in [-0.1, -0.05) is 12.1 Å². The number of methoxy groups -OCH3 is 1. The maximum Gasteiger partial charge on any atom is 0.253 e. The molecule has 0 saturated carbocycles. The standard InChI is InChI=1S/C21H25N3O3/c1-16(25)22-19-7-5-18(6-8-19)21(26)24-13-11-23(12-14-24)15-17-3-9-20(27-2)10-4-17/h3-10H,11-15H2,1-2H3,(H,22,25). The molecule has 0 atom stereocenters. The predicted octanol–water partition coefficient (Wildman–Crippen LogP) is 2.61. The highest BCUT2D eigenvalue weighted by molar-refractivity contribution is 5.95. The Bertz CT molecular complexity index is 779. The Morgan fingerprint density at radius 2 is 1.59 bits per heavy atom. The maximum atomic E-state index is 12.7. The number of anilines is 1. The fourth-order valence-electron chi connectivity index (χ4n) is 3.18. The third-order valence-electron chi connectivity index (χ3n) is 4.68. The minimum Gasteiger partial charge on any atom is -0.497 e. The lowest BCUT2D eigenvalue weighted by molar-refractivity contribution is -0.114. The first kappa shape index (κ1) is 18.9. The first-order chi connectivity index (χ1) is 13.0. The number of ether oxygens (including phenoxy) is 1. The van der Waals surface area contributed by atoms with Crippen LogP contribution in [0.3, 0.4) is 0 Å². The Morgan fingerprint density at radius 1 is 0.963 bits per heavy atom. The summed E-state index contributed by atoms with van der Waals surface area (Å²) in [6, 6.07) is 15.1. The summed E-state index contributed by atoms with van der Waals surface area (Å²) in [5.74, 6) is 0.772. The topological polar surface area (TPSA) is 61.9 Å². The summed E-state index contributed by atoms with van der Waals surface area (Å²) in [6.45, 7) is 5.45. The predicted molar refractivity (Wildman–Crippen MR) is 105 cm³/mol. The van der Waals surface area contributed by atoms with Crippen molar-refractivity contribution in [3.63, 3.8) is 0 Å². The van der Waals surface area contributed by atoms with Crippen LogP contribution in [0, 0.1) is 0 Å². The molecule has 0 aromatic heterocycles. The van der Waals surface area contributed by atoms with E-state index >= 15 is 0 Å². The summed E-state index contributed by atoms with van der Waals surface area (Å²) < 4.78 is 5.19. The van der Waals surface area contributed by atoms with E-state index in [1.807, 2.05) is 17.0 Å². The van der Waals surface area contributed by atoms with Gasteiger partial charge in [0.2, 0.25) is 5.91 Å². The summed E-state index contributed by atoms with van der Waals surface area (Å²) in [7, 11) is 1.67. The lowest BCUT2D eigenvalue weighted by Crippen LogP contribution is -2.48. The third-order valence-corrected chi connectivity index (χ3v) is 4.68. The molecule has 0 unspecified atom stereocenters. The molecular formula is C21H25N3O3. The van der Waals surface area contributed by atoms with Crippen LogP contribution in [0.1, 0.15) is 22.8 Å². The number of nitrogens with zero attached hydrogens (tertiary/aromatic N) is 2. The molecule has 2 aromatic rings. The van der Waals surface area contributed by atoms with Crippen LogP contribution in [-0.4, -0.2) is 54.9 Å². The zero-order valence-corrected chi connectivity index (χ0v) is 15.8. The summed E-state index contributed by atoms with van der Waals surface area (Å²) in [5, 5.41) is 2.71. The van der Waals surface area contributed by atoms with Gasteiger partial charge in [0.15, 0.2) is 0 Å². The van der Waals surface area contributed by atoms with Crippen molar-refractivity contribution in [2.75, 3.05) is 38.6 Å². The van der Waals surface area contributed by atoms with Gasteiger partial charge in [0.05, 0.1) is 7.11 Å². The fraction of sp³-hybridized carbons (Fsp3) is 0.333. The van der Waals surface area contributed by atoms with Crippen LogP contribution in [0.4, 0.5) is 5.69 Å². The molecule has 1 saturated heterocycles. The molecule has 0 radical (unpaired) electrons. The normalized spacial score (nSPS) is 14.7. The second-order valence-electron chi connectivity index (χ2n) is 6.67. The lowest BCUT2D eigenvalue weighted by Gasteiger charge is -2.34. The van der Waals surface area contributed by atoms with Crippen molar-refractivity contribution >= 4 is 17.5 Å². The van der Waals surface area contributed by atoms with Crippen LogP contribution in [0.15, 0.2) is 48.5 Å². The number of carbonyl (C=O) groups is 2. The van der Waals surface area contributed by atoms with Crippen LogP contribution in [0.2, 0.25) is 0 Å². The largest absolute Gasteiger partial charge is 0.497 e. The fourth-order valence-corrected chi connectivity index (χ4v) is 3.18. The van der Waals surface area contributed by atoms with Crippen LogP contribution >= 0.6 is 0 Å². The van der Waals surface area contributed by atoms with Gasteiger partial charge in [-0.2, -0.15) is 0 Å². The molecule has 1 N–H and O–H groups in total. The number of amides is 2. The van der Waals surface area contributed by atoms with E-state index in [2.05, 4.69) is 22.3 Å². The highest BCUT2D eigenvalue weighted by atomic mass is 16.5. The van der Waals surface area contributed by atoms with Gasteiger partial charge < -0.3 is 15.0 Å². The van der Waals surface area contributed by atoms with Crippen molar-refractivity contribution in [1.29, 1.82) is 0 Å². The molecule has 3 rings (SSSR count). The molecule has 142 valence electrons. The van der Waals surface area contributed by atoms with Crippen LogP contribution in [0.25, 0.3) is 0 Å². The Balaban J connectivity index is 1.51. The Morgan fingerprint density at radius 3 is 2.15 bits per heavy atom. The number of hydrogen-bond donors (Lipinski definition) is 1. The van der Waals surface area contributed by atoms with Gasteiger partial charge in [-0.15, -0.1) is 0 Å². The van der Waals surface area contributed by atoms with Crippen molar-refractivity contribution in [2.24, 2.45) is 0 Å². The van der Waals surface area contributed by atoms with E-state index in [9.17, 15) is 9.59 Å². The quantitative estimate of drug-likeness (QED) is 0.882. The van der Waals surface area contributed by atoms with E-state index in [1.165, 1.54) is 12.5 Å². The third kappa shape index (κ3) is 5.08. The molecule has 0 spiro atoms. The highest BCUT2D eigenvalue weighted by Gasteiger charge is 2.22. The smallest absolute Gasteiger partial charge is 0.253 e. The number of benzene rings is 2. The number of rotatable bonds is 5. The van der Waals surface area contributed by atoms with Crippen molar-refractivity contribution in [3.05, 3.63) is 59.7 Å². The van der Waals surface area contributed by atoms with Crippen LogP contribution in [0.5, 0.6) is 5.75 Å². The lowest BCUT2D eigenvalue weighted by atomic mass is 10.1. The van der Waals surface area contributed by atoms with Crippen molar-refractivity contribution in [3.8, 4) is 5.75 Å². The molecule has 27 heavy (non-hydrogen) atoms. The summed E-state index contributed by atoms with van der Waals surface area (Å²) in [6.07, 6.45) is 0. The van der Waals surface area contributed by atoms with E-state index in [4.69, 9.17) is 4.74 Å². The minimum absolute atomic E-state index is 0.0356. The molecule has 1 fully saturated rings. The van der Waals surface area contributed by atoms with Crippen LogP contribution in [-0.2, 0) is 11.3 Å². The Kier molecular flexibility index (Phi) is 6.08. The number of carbonyl (C=O) groups excluding carboxylic acids is 2. The molecule has 2 amide bonds. The van der Waals surface area contributed by atoms with Crippen molar-refractivity contribution in [1.82, 2.24) is 9.80 Å². The van der Waals surface area contributed by atoms with Crippen LogP contribution < -0.4 is 10.1 Å². The molecule has 6 nitrogen and oxygen atoms in total. The molecule has 1 aliphatic heterocycles. The Labute approximate surface area is 159 Å². The minimum atomic E-state index is -0.123. The second-order valence-corrected chi connectivity index (χ2v) is 6.67. The van der Waals surface area contributed by atoms with Gasteiger partial charge in [-0.3, -0.25) is 14.5 Å². The molecule has 1 heterocycles. The maximum absolute atomic E-state index is 12.7. The van der Waals surface area contributed by atoms with Gasteiger partial charge in [0.25, 0.3) is 5.91 Å². The highest BCUT2D eigenvalue weighted by Crippen LogP contribution is 2.16. The van der Waals surface area contributed by atoms with Gasteiger partial charge in [0, 0.05) is 50.9 Å². The summed E-state index contributed by atoms with van der Waals surface area (Å²) in [4.78, 5) is 28.0. The van der Waals surface area contributed by atoms with Gasteiger partial charge in [0.1, 0.15) is 5.75 Å². The van der Waals surface area contributed by atoms with E-state index in [1.54, 1.807) is 31.4 Å².